The molecule has 0 aliphatic heterocycles. The number of aryl methyl sites for hydroxylation is 1. The van der Waals surface area contributed by atoms with Crippen molar-refractivity contribution in [3.05, 3.63) is 63.6 Å². The number of phenols is 1. The first-order valence-electron chi connectivity index (χ1n) is 6.09. The number of hydrogen-bond donors (Lipinski definition) is 1. The SMILES string of the molecule is Cc1ccc(C(=O)CC(=O)c2cc(Br)ccc2O)cc1. The van der Waals surface area contributed by atoms with Crippen LogP contribution in [0.5, 0.6) is 5.75 Å². The second-order valence-electron chi connectivity index (χ2n) is 4.55. The van der Waals surface area contributed by atoms with E-state index in [1.165, 1.54) is 12.1 Å². The molecular weight excluding hydrogens is 320 g/mol. The molecule has 4 heteroatoms. The Morgan fingerprint density at radius 1 is 1.05 bits per heavy atom. The second-order valence-corrected chi connectivity index (χ2v) is 5.47. The highest BCUT2D eigenvalue weighted by Gasteiger charge is 2.16. The molecule has 0 radical (unpaired) electrons. The summed E-state index contributed by atoms with van der Waals surface area (Å²) in [7, 11) is 0. The minimum absolute atomic E-state index is 0.116. The summed E-state index contributed by atoms with van der Waals surface area (Å²) in [5, 5.41) is 9.67. The standard InChI is InChI=1S/C16H13BrO3/c1-10-2-4-11(5-3-10)15(19)9-16(20)13-8-12(17)6-7-14(13)18/h2-8,18H,9H2,1H3. The van der Waals surface area contributed by atoms with Crippen molar-refractivity contribution in [3.8, 4) is 5.75 Å². The highest BCUT2D eigenvalue weighted by atomic mass is 79.9. The van der Waals surface area contributed by atoms with Gasteiger partial charge in [-0.25, -0.2) is 0 Å². The van der Waals surface area contributed by atoms with E-state index in [2.05, 4.69) is 15.9 Å². The molecule has 0 spiro atoms. The Balaban J connectivity index is 2.17. The average molecular weight is 333 g/mol. The number of carbonyl (C=O) groups excluding carboxylic acids is 2. The molecule has 3 nitrogen and oxygen atoms in total. The average Bonchev–Trinajstić information content (AvgIpc) is 2.42. The Kier molecular flexibility index (Phi) is 4.35. The minimum Gasteiger partial charge on any atom is -0.507 e. The van der Waals surface area contributed by atoms with Crippen molar-refractivity contribution >= 4 is 27.5 Å². The van der Waals surface area contributed by atoms with Crippen LogP contribution >= 0.6 is 15.9 Å². The second kappa shape index (κ2) is 6.01. The van der Waals surface area contributed by atoms with Crippen molar-refractivity contribution in [2.24, 2.45) is 0 Å². The molecule has 2 aromatic rings. The summed E-state index contributed by atoms with van der Waals surface area (Å²) in [5.74, 6) is -0.765. The minimum atomic E-state index is -0.394. The van der Waals surface area contributed by atoms with Crippen LogP contribution in [0, 0.1) is 6.92 Å². The first kappa shape index (κ1) is 14.5. The molecule has 0 amide bonds. The molecule has 0 aliphatic rings. The van der Waals surface area contributed by atoms with Crippen molar-refractivity contribution in [1.82, 2.24) is 0 Å². The number of benzene rings is 2. The van der Waals surface area contributed by atoms with E-state index < -0.39 is 5.78 Å². The molecular formula is C16H13BrO3. The Hall–Kier alpha value is -1.94. The monoisotopic (exact) mass is 332 g/mol. The lowest BCUT2D eigenvalue weighted by Gasteiger charge is -2.05. The fourth-order valence-electron chi connectivity index (χ4n) is 1.81. The van der Waals surface area contributed by atoms with Gasteiger partial charge in [0, 0.05) is 10.0 Å². The molecule has 102 valence electrons. The molecule has 0 saturated carbocycles. The van der Waals surface area contributed by atoms with E-state index in [1.54, 1.807) is 18.2 Å². The van der Waals surface area contributed by atoms with Crippen molar-refractivity contribution in [2.75, 3.05) is 0 Å². The predicted molar refractivity (Wildman–Crippen MR) is 80.3 cm³/mol. The zero-order chi connectivity index (χ0) is 14.7. The van der Waals surface area contributed by atoms with Gasteiger partial charge in [0.1, 0.15) is 5.75 Å². The summed E-state index contributed by atoms with van der Waals surface area (Å²) in [6.45, 7) is 1.93. The molecule has 20 heavy (non-hydrogen) atoms. The molecule has 0 bridgehead atoms. The largest absolute Gasteiger partial charge is 0.507 e. The fourth-order valence-corrected chi connectivity index (χ4v) is 2.18. The van der Waals surface area contributed by atoms with E-state index in [-0.39, 0.29) is 23.5 Å². The van der Waals surface area contributed by atoms with Crippen LogP contribution in [0.1, 0.15) is 32.7 Å². The lowest BCUT2D eigenvalue weighted by Crippen LogP contribution is -2.09. The summed E-state index contributed by atoms with van der Waals surface area (Å²) < 4.78 is 0.682. The third-order valence-electron chi connectivity index (χ3n) is 2.95. The van der Waals surface area contributed by atoms with Gasteiger partial charge in [0.2, 0.25) is 0 Å². The van der Waals surface area contributed by atoms with Crippen LogP contribution in [-0.4, -0.2) is 16.7 Å². The molecule has 0 heterocycles. The number of halogens is 1. The molecule has 0 aliphatic carbocycles. The van der Waals surface area contributed by atoms with Gasteiger partial charge in [-0.05, 0) is 25.1 Å². The van der Waals surface area contributed by atoms with Crippen LogP contribution in [0.4, 0.5) is 0 Å². The normalized spacial score (nSPS) is 10.3. The first-order chi connectivity index (χ1) is 9.47. The highest BCUT2D eigenvalue weighted by molar-refractivity contribution is 9.10. The molecule has 0 unspecified atom stereocenters. The van der Waals surface area contributed by atoms with Gasteiger partial charge in [-0.2, -0.15) is 0 Å². The number of rotatable bonds is 4. The van der Waals surface area contributed by atoms with Crippen LogP contribution in [0.25, 0.3) is 0 Å². The molecule has 1 N–H and O–H groups in total. The maximum Gasteiger partial charge on any atom is 0.174 e. The summed E-state index contributed by atoms with van der Waals surface area (Å²) in [6.07, 6.45) is -0.257. The van der Waals surface area contributed by atoms with Gasteiger partial charge in [-0.3, -0.25) is 9.59 Å². The zero-order valence-electron chi connectivity index (χ0n) is 10.9. The van der Waals surface area contributed by atoms with Gasteiger partial charge >= 0.3 is 0 Å². The zero-order valence-corrected chi connectivity index (χ0v) is 12.5. The van der Waals surface area contributed by atoms with Crippen molar-refractivity contribution in [3.63, 3.8) is 0 Å². The maximum atomic E-state index is 12.1. The van der Waals surface area contributed by atoms with Crippen molar-refractivity contribution < 1.29 is 14.7 Å². The number of phenolic OH excluding ortho intramolecular Hbond substituents is 1. The summed E-state index contributed by atoms with van der Waals surface area (Å²) in [4.78, 5) is 24.1. The quantitative estimate of drug-likeness (QED) is 0.682. The molecule has 0 fully saturated rings. The number of Topliss-reactive ketones (excluding diaryl/α,β-unsaturated/α-hetero) is 2. The highest BCUT2D eigenvalue weighted by Crippen LogP contribution is 2.23. The van der Waals surface area contributed by atoms with Crippen molar-refractivity contribution in [1.29, 1.82) is 0 Å². The van der Waals surface area contributed by atoms with Crippen LogP contribution in [-0.2, 0) is 0 Å². The third-order valence-corrected chi connectivity index (χ3v) is 3.45. The number of carbonyl (C=O) groups is 2. The van der Waals surface area contributed by atoms with E-state index in [1.807, 2.05) is 19.1 Å². The van der Waals surface area contributed by atoms with Crippen LogP contribution < -0.4 is 0 Å². The predicted octanol–water partition coefficient (Wildman–Crippen LogP) is 3.92. The van der Waals surface area contributed by atoms with Crippen LogP contribution in [0.3, 0.4) is 0 Å². The van der Waals surface area contributed by atoms with Crippen LogP contribution in [0.15, 0.2) is 46.9 Å². The number of ketones is 2. The maximum absolute atomic E-state index is 12.1. The summed E-state index contributed by atoms with van der Waals surface area (Å²) in [5.41, 5.74) is 1.70. The fraction of sp³-hybridized carbons (Fsp3) is 0.125. The van der Waals surface area contributed by atoms with E-state index >= 15 is 0 Å². The van der Waals surface area contributed by atoms with E-state index in [0.717, 1.165) is 5.56 Å². The van der Waals surface area contributed by atoms with Gasteiger partial charge in [-0.15, -0.1) is 0 Å². The lowest BCUT2D eigenvalue weighted by atomic mass is 10.0. The molecule has 0 saturated heterocycles. The van der Waals surface area contributed by atoms with Crippen LogP contribution in [0.2, 0.25) is 0 Å². The number of hydrogen-bond acceptors (Lipinski definition) is 3. The van der Waals surface area contributed by atoms with Gasteiger partial charge in [0.05, 0.1) is 12.0 Å². The summed E-state index contributed by atoms with van der Waals surface area (Å²) >= 11 is 3.24. The Bertz CT molecular complexity index is 660. The van der Waals surface area contributed by atoms with Gasteiger partial charge < -0.3 is 5.11 Å². The van der Waals surface area contributed by atoms with Crippen molar-refractivity contribution in [2.45, 2.75) is 13.3 Å². The third kappa shape index (κ3) is 3.33. The van der Waals surface area contributed by atoms with Gasteiger partial charge in [0.25, 0.3) is 0 Å². The first-order valence-corrected chi connectivity index (χ1v) is 6.88. The Morgan fingerprint density at radius 2 is 1.70 bits per heavy atom. The lowest BCUT2D eigenvalue weighted by molar-refractivity contribution is 0.0893. The Morgan fingerprint density at radius 3 is 2.35 bits per heavy atom. The van der Waals surface area contributed by atoms with E-state index in [9.17, 15) is 14.7 Å². The molecule has 2 rings (SSSR count). The number of aromatic hydroxyl groups is 1. The van der Waals surface area contributed by atoms with E-state index in [4.69, 9.17) is 0 Å². The van der Waals surface area contributed by atoms with Gasteiger partial charge in [0.15, 0.2) is 11.6 Å². The van der Waals surface area contributed by atoms with E-state index in [0.29, 0.717) is 10.0 Å². The topological polar surface area (TPSA) is 54.4 Å². The smallest absolute Gasteiger partial charge is 0.174 e. The molecule has 0 aromatic heterocycles. The molecule has 2 aromatic carbocycles. The van der Waals surface area contributed by atoms with Gasteiger partial charge in [-0.1, -0.05) is 45.8 Å². The molecule has 0 atom stereocenters. The Labute approximate surface area is 125 Å². The summed E-state index contributed by atoms with van der Waals surface area (Å²) in [6, 6.07) is 11.6.